The van der Waals surface area contributed by atoms with E-state index in [9.17, 15) is 0 Å². The van der Waals surface area contributed by atoms with Crippen LogP contribution in [0.4, 0.5) is 0 Å². The van der Waals surface area contributed by atoms with Crippen LogP contribution in [0.5, 0.6) is 5.75 Å². The maximum atomic E-state index is 6.34. The molecule has 0 aliphatic carbocycles. The van der Waals surface area contributed by atoms with Crippen molar-refractivity contribution in [1.29, 1.82) is 0 Å². The van der Waals surface area contributed by atoms with Gasteiger partial charge in [-0.15, -0.1) is 11.8 Å². The molecule has 0 radical (unpaired) electrons. The van der Waals surface area contributed by atoms with Crippen molar-refractivity contribution in [2.45, 2.75) is 37.9 Å². The highest BCUT2D eigenvalue weighted by Crippen LogP contribution is 2.36. The summed E-state index contributed by atoms with van der Waals surface area (Å²) in [4.78, 5) is 4.21. The highest BCUT2D eigenvalue weighted by Gasteiger charge is 2.28. The molecule has 2 aromatic heterocycles. The Morgan fingerprint density at radius 3 is 2.80 bits per heavy atom. The van der Waals surface area contributed by atoms with Crippen LogP contribution in [0.15, 0.2) is 55.0 Å². The molecule has 0 amide bonds. The number of fused-ring (bicyclic) bond motifs is 1. The van der Waals surface area contributed by atoms with Gasteiger partial charge in [0.2, 0.25) is 0 Å². The Hall–Kier alpha value is -1.98. The topological polar surface area (TPSA) is 39.1 Å². The molecular formula is C20H23N3OS. The van der Waals surface area contributed by atoms with Crippen molar-refractivity contribution in [1.82, 2.24) is 14.9 Å². The van der Waals surface area contributed by atoms with Gasteiger partial charge in [-0.2, -0.15) is 0 Å². The summed E-state index contributed by atoms with van der Waals surface area (Å²) in [6.45, 7) is 6.64. The first-order chi connectivity index (χ1) is 12.0. The number of thioether (sulfide) groups is 1. The molecule has 1 aliphatic rings. The van der Waals surface area contributed by atoms with E-state index in [0.717, 1.165) is 16.9 Å². The molecule has 25 heavy (non-hydrogen) atoms. The molecular weight excluding hydrogens is 330 g/mol. The number of nitrogens with one attached hydrogen (secondary N) is 1. The van der Waals surface area contributed by atoms with Crippen molar-refractivity contribution in [2.75, 3.05) is 5.75 Å². The van der Waals surface area contributed by atoms with Crippen molar-refractivity contribution in [3.8, 4) is 5.75 Å². The van der Waals surface area contributed by atoms with Gasteiger partial charge < -0.3 is 9.30 Å². The third-order valence-corrected chi connectivity index (χ3v) is 5.64. The Kier molecular flexibility index (Phi) is 4.21. The van der Waals surface area contributed by atoms with Crippen LogP contribution in [0.3, 0.4) is 0 Å². The number of nitrogens with zero attached hydrogens (tertiary/aromatic N) is 2. The average molecular weight is 353 g/mol. The lowest BCUT2D eigenvalue weighted by molar-refractivity contribution is 0.195. The highest BCUT2D eigenvalue weighted by atomic mass is 32.2. The average Bonchev–Trinajstić information content (AvgIpc) is 3.21. The highest BCUT2D eigenvalue weighted by molar-refractivity contribution is 7.99. The summed E-state index contributed by atoms with van der Waals surface area (Å²) in [5, 5.41) is 4.95. The second kappa shape index (κ2) is 6.39. The van der Waals surface area contributed by atoms with E-state index in [4.69, 9.17) is 4.74 Å². The molecule has 0 saturated carbocycles. The summed E-state index contributed by atoms with van der Waals surface area (Å²) in [5.41, 5.74) is 2.41. The van der Waals surface area contributed by atoms with Crippen molar-refractivity contribution in [2.24, 2.45) is 0 Å². The van der Waals surface area contributed by atoms with E-state index in [1.54, 1.807) is 6.20 Å². The number of hydrogen-bond donors (Lipinski definition) is 1. The fourth-order valence-corrected chi connectivity index (χ4v) is 4.30. The van der Waals surface area contributed by atoms with Gasteiger partial charge >= 0.3 is 0 Å². The monoisotopic (exact) mass is 353 g/mol. The van der Waals surface area contributed by atoms with Crippen LogP contribution in [0.25, 0.3) is 10.9 Å². The van der Waals surface area contributed by atoms with E-state index in [2.05, 4.69) is 72.2 Å². The summed E-state index contributed by atoms with van der Waals surface area (Å²) in [6, 6.07) is 12.5. The van der Waals surface area contributed by atoms with E-state index in [1.165, 1.54) is 11.1 Å². The Morgan fingerprint density at radius 2 is 2.04 bits per heavy atom. The standard InChI is InChI=1S/C20H23N3OS/c1-20(2,3)23-12-17(15-8-4-5-9-16(15)23)24-18-13-25-19(22-18)14-7-6-10-21-11-14/h4-12,18-19,22H,13H2,1-3H3. The molecule has 2 atom stereocenters. The van der Waals surface area contributed by atoms with Crippen molar-refractivity contribution < 1.29 is 4.74 Å². The molecule has 3 aromatic rings. The lowest BCUT2D eigenvalue weighted by Gasteiger charge is -2.22. The number of ether oxygens (including phenoxy) is 1. The van der Waals surface area contributed by atoms with Gasteiger partial charge in [-0.25, -0.2) is 0 Å². The van der Waals surface area contributed by atoms with Crippen LogP contribution in [-0.2, 0) is 5.54 Å². The minimum atomic E-state index is -0.00516. The molecule has 1 aliphatic heterocycles. The number of pyridine rings is 1. The third kappa shape index (κ3) is 3.26. The molecule has 1 N–H and O–H groups in total. The van der Waals surface area contributed by atoms with Gasteiger partial charge in [0.1, 0.15) is 5.75 Å². The van der Waals surface area contributed by atoms with Crippen LogP contribution in [0.1, 0.15) is 31.7 Å². The van der Waals surface area contributed by atoms with Gasteiger partial charge in [0.25, 0.3) is 0 Å². The van der Waals surface area contributed by atoms with E-state index < -0.39 is 0 Å². The largest absolute Gasteiger partial charge is 0.472 e. The zero-order valence-electron chi connectivity index (χ0n) is 14.8. The molecule has 1 fully saturated rings. The molecule has 3 heterocycles. The molecule has 1 saturated heterocycles. The molecule has 0 bridgehead atoms. The van der Waals surface area contributed by atoms with E-state index >= 15 is 0 Å². The summed E-state index contributed by atoms with van der Waals surface area (Å²) >= 11 is 1.86. The number of para-hydroxylation sites is 1. The van der Waals surface area contributed by atoms with E-state index in [-0.39, 0.29) is 17.1 Å². The molecule has 5 heteroatoms. The van der Waals surface area contributed by atoms with Gasteiger partial charge in [-0.1, -0.05) is 18.2 Å². The van der Waals surface area contributed by atoms with Crippen LogP contribution in [0.2, 0.25) is 0 Å². The normalized spacial score (nSPS) is 20.9. The first-order valence-electron chi connectivity index (χ1n) is 8.57. The molecule has 4 rings (SSSR count). The zero-order valence-corrected chi connectivity index (χ0v) is 15.6. The summed E-state index contributed by atoms with van der Waals surface area (Å²) in [7, 11) is 0. The van der Waals surface area contributed by atoms with Crippen molar-refractivity contribution in [3.63, 3.8) is 0 Å². The van der Waals surface area contributed by atoms with E-state index in [0.29, 0.717) is 0 Å². The lowest BCUT2D eigenvalue weighted by atomic mass is 10.1. The first kappa shape index (κ1) is 16.5. The Morgan fingerprint density at radius 1 is 1.20 bits per heavy atom. The Labute approximate surface area is 152 Å². The Bertz CT molecular complexity index is 870. The Balaban J connectivity index is 1.58. The van der Waals surface area contributed by atoms with Gasteiger partial charge in [0, 0.05) is 35.3 Å². The second-order valence-corrected chi connectivity index (χ2v) is 8.46. The van der Waals surface area contributed by atoms with Crippen molar-refractivity contribution >= 4 is 22.7 Å². The number of rotatable bonds is 3. The molecule has 2 unspecified atom stereocenters. The minimum absolute atomic E-state index is 0.00516. The zero-order chi connectivity index (χ0) is 17.4. The van der Waals surface area contributed by atoms with Crippen molar-refractivity contribution in [3.05, 3.63) is 60.6 Å². The van der Waals surface area contributed by atoms with Crippen LogP contribution < -0.4 is 10.1 Å². The third-order valence-electron chi connectivity index (χ3n) is 4.41. The number of benzene rings is 1. The number of hydrogen-bond acceptors (Lipinski definition) is 4. The quantitative estimate of drug-likeness (QED) is 0.751. The summed E-state index contributed by atoms with van der Waals surface area (Å²) < 4.78 is 8.63. The fourth-order valence-electron chi connectivity index (χ4n) is 3.19. The predicted octanol–water partition coefficient (Wildman–Crippen LogP) is 4.53. The molecule has 0 spiro atoms. The van der Waals surface area contributed by atoms with Gasteiger partial charge in [0.15, 0.2) is 6.23 Å². The van der Waals surface area contributed by atoms with Crippen LogP contribution >= 0.6 is 11.8 Å². The summed E-state index contributed by atoms with van der Waals surface area (Å²) in [5.74, 6) is 1.85. The van der Waals surface area contributed by atoms with Crippen LogP contribution in [-0.4, -0.2) is 21.5 Å². The van der Waals surface area contributed by atoms with E-state index in [1.807, 2.05) is 24.0 Å². The second-order valence-electron chi connectivity index (χ2n) is 7.32. The van der Waals surface area contributed by atoms with Gasteiger partial charge in [-0.3, -0.25) is 10.3 Å². The fraction of sp³-hybridized carbons (Fsp3) is 0.350. The first-order valence-corrected chi connectivity index (χ1v) is 9.62. The van der Waals surface area contributed by atoms with Crippen LogP contribution in [0, 0.1) is 0 Å². The molecule has 4 nitrogen and oxygen atoms in total. The van der Waals surface area contributed by atoms with Gasteiger partial charge in [-0.05, 0) is 44.5 Å². The smallest absolute Gasteiger partial charge is 0.160 e. The maximum absolute atomic E-state index is 6.34. The predicted molar refractivity (Wildman–Crippen MR) is 104 cm³/mol. The minimum Gasteiger partial charge on any atom is -0.472 e. The maximum Gasteiger partial charge on any atom is 0.160 e. The lowest BCUT2D eigenvalue weighted by Crippen LogP contribution is -2.31. The number of aromatic nitrogens is 2. The SMILES string of the molecule is CC(C)(C)n1cc(OC2CSC(c3cccnc3)N2)c2ccccc21. The molecule has 1 aromatic carbocycles. The summed E-state index contributed by atoms with van der Waals surface area (Å²) in [6.07, 6.45) is 5.85. The van der Waals surface area contributed by atoms with Gasteiger partial charge in [0.05, 0.1) is 10.9 Å². The molecule has 130 valence electrons.